The molecule has 1 saturated carbocycles. The average Bonchev–Trinajstić information content (AvgIpc) is 2.45. The van der Waals surface area contributed by atoms with E-state index in [9.17, 15) is 13.2 Å². The lowest BCUT2D eigenvalue weighted by atomic mass is 9.89. The van der Waals surface area contributed by atoms with Crippen molar-refractivity contribution >= 4 is 5.69 Å². The second kappa shape index (κ2) is 6.17. The standard InChI is InChI=1S/C15H17F3N2/c16-15(17,18)14-7-6-13(8-12(14)9-19)20-10-11-4-2-1-3-5-11/h6-8,11,20H,1-5,10H2. The highest BCUT2D eigenvalue weighted by atomic mass is 19.4. The summed E-state index contributed by atoms with van der Waals surface area (Å²) in [4.78, 5) is 0. The second-order valence-corrected chi connectivity index (χ2v) is 5.25. The fourth-order valence-electron chi connectivity index (χ4n) is 2.65. The zero-order valence-electron chi connectivity index (χ0n) is 11.1. The molecule has 20 heavy (non-hydrogen) atoms. The van der Waals surface area contributed by atoms with Crippen LogP contribution in [0.15, 0.2) is 18.2 Å². The number of nitrogens with zero attached hydrogens (tertiary/aromatic N) is 1. The Hall–Kier alpha value is -1.70. The first-order valence-electron chi connectivity index (χ1n) is 6.86. The quantitative estimate of drug-likeness (QED) is 0.881. The molecule has 2 nitrogen and oxygen atoms in total. The molecule has 1 fully saturated rings. The summed E-state index contributed by atoms with van der Waals surface area (Å²) in [5.74, 6) is 0.580. The zero-order valence-corrected chi connectivity index (χ0v) is 11.1. The molecule has 0 aromatic heterocycles. The molecular formula is C15H17F3N2. The highest BCUT2D eigenvalue weighted by Gasteiger charge is 2.33. The molecule has 0 bridgehead atoms. The van der Waals surface area contributed by atoms with E-state index in [0.29, 0.717) is 11.6 Å². The SMILES string of the molecule is N#Cc1cc(NCC2CCCCC2)ccc1C(F)(F)F. The van der Waals surface area contributed by atoms with Gasteiger partial charge in [0.1, 0.15) is 0 Å². The van der Waals surface area contributed by atoms with Crippen LogP contribution in [0.2, 0.25) is 0 Å². The Morgan fingerprint density at radius 2 is 1.90 bits per heavy atom. The van der Waals surface area contributed by atoms with E-state index in [1.54, 1.807) is 6.07 Å². The maximum atomic E-state index is 12.7. The summed E-state index contributed by atoms with van der Waals surface area (Å²) in [5, 5.41) is 12.0. The monoisotopic (exact) mass is 282 g/mol. The first-order chi connectivity index (χ1) is 9.50. The van der Waals surface area contributed by atoms with E-state index < -0.39 is 11.7 Å². The molecular weight excluding hydrogens is 265 g/mol. The maximum Gasteiger partial charge on any atom is 0.417 e. The number of hydrogen-bond acceptors (Lipinski definition) is 2. The van der Waals surface area contributed by atoms with Crippen LogP contribution in [0.1, 0.15) is 43.2 Å². The predicted molar refractivity (Wildman–Crippen MR) is 71.2 cm³/mol. The number of hydrogen-bond donors (Lipinski definition) is 1. The molecule has 0 amide bonds. The van der Waals surface area contributed by atoms with Gasteiger partial charge in [0.25, 0.3) is 0 Å². The molecule has 0 radical (unpaired) electrons. The maximum absolute atomic E-state index is 12.7. The van der Waals surface area contributed by atoms with Gasteiger partial charge in [0.2, 0.25) is 0 Å². The fraction of sp³-hybridized carbons (Fsp3) is 0.533. The number of nitriles is 1. The van der Waals surface area contributed by atoms with Crippen LogP contribution in [0.5, 0.6) is 0 Å². The summed E-state index contributed by atoms with van der Waals surface area (Å²) in [5.41, 5.74) is -0.616. The van der Waals surface area contributed by atoms with E-state index in [2.05, 4.69) is 5.32 Å². The molecule has 0 heterocycles. The molecule has 108 valence electrons. The molecule has 5 heteroatoms. The first-order valence-corrected chi connectivity index (χ1v) is 6.86. The zero-order chi connectivity index (χ0) is 14.6. The Labute approximate surface area is 116 Å². The van der Waals surface area contributed by atoms with Crippen molar-refractivity contribution in [2.24, 2.45) is 5.92 Å². The van der Waals surface area contributed by atoms with E-state index in [1.165, 1.54) is 44.2 Å². The second-order valence-electron chi connectivity index (χ2n) is 5.25. The summed E-state index contributed by atoms with van der Waals surface area (Å²) >= 11 is 0. The van der Waals surface area contributed by atoms with Gasteiger partial charge in [-0.1, -0.05) is 19.3 Å². The van der Waals surface area contributed by atoms with Crippen molar-refractivity contribution in [2.75, 3.05) is 11.9 Å². The van der Waals surface area contributed by atoms with Crippen molar-refractivity contribution in [1.82, 2.24) is 0 Å². The van der Waals surface area contributed by atoms with Gasteiger partial charge >= 0.3 is 6.18 Å². The number of nitrogens with one attached hydrogen (secondary N) is 1. The van der Waals surface area contributed by atoms with E-state index in [-0.39, 0.29) is 5.56 Å². The van der Waals surface area contributed by atoms with Gasteiger partial charge in [0.15, 0.2) is 0 Å². The van der Waals surface area contributed by atoms with Gasteiger partial charge in [-0.05, 0) is 37.0 Å². The molecule has 1 aromatic carbocycles. The van der Waals surface area contributed by atoms with E-state index in [1.807, 2.05) is 0 Å². The van der Waals surface area contributed by atoms with Gasteiger partial charge in [-0.15, -0.1) is 0 Å². The van der Waals surface area contributed by atoms with Crippen LogP contribution in [-0.4, -0.2) is 6.54 Å². The van der Waals surface area contributed by atoms with Crippen LogP contribution in [-0.2, 0) is 6.18 Å². The molecule has 0 spiro atoms. The summed E-state index contributed by atoms with van der Waals surface area (Å²) < 4.78 is 38.0. The number of benzene rings is 1. The lowest BCUT2D eigenvalue weighted by molar-refractivity contribution is -0.137. The van der Waals surface area contributed by atoms with Crippen molar-refractivity contribution in [3.63, 3.8) is 0 Å². The Morgan fingerprint density at radius 3 is 2.50 bits per heavy atom. The minimum absolute atomic E-state index is 0.328. The number of anilines is 1. The normalized spacial score (nSPS) is 16.7. The largest absolute Gasteiger partial charge is 0.417 e. The lowest BCUT2D eigenvalue weighted by Crippen LogP contribution is -2.17. The highest BCUT2D eigenvalue weighted by Crippen LogP contribution is 2.33. The molecule has 1 aromatic rings. The minimum atomic E-state index is -4.48. The number of alkyl halides is 3. The molecule has 0 unspecified atom stereocenters. The molecule has 1 aliphatic carbocycles. The highest BCUT2D eigenvalue weighted by molar-refractivity contribution is 5.53. The van der Waals surface area contributed by atoms with Crippen LogP contribution in [0, 0.1) is 17.2 Å². The fourth-order valence-corrected chi connectivity index (χ4v) is 2.65. The minimum Gasteiger partial charge on any atom is -0.385 e. The summed E-state index contributed by atoms with van der Waals surface area (Å²) in [7, 11) is 0. The molecule has 0 saturated heterocycles. The predicted octanol–water partition coefficient (Wildman–Crippen LogP) is 4.57. The number of rotatable bonds is 3. The average molecular weight is 282 g/mol. The van der Waals surface area contributed by atoms with Crippen molar-refractivity contribution in [3.05, 3.63) is 29.3 Å². The molecule has 0 aliphatic heterocycles. The van der Waals surface area contributed by atoms with Crippen molar-refractivity contribution < 1.29 is 13.2 Å². The van der Waals surface area contributed by atoms with Gasteiger partial charge in [0.05, 0.1) is 17.2 Å². The number of halogens is 3. The van der Waals surface area contributed by atoms with Crippen molar-refractivity contribution in [2.45, 2.75) is 38.3 Å². The molecule has 2 rings (SSSR count). The first kappa shape index (κ1) is 14.7. The van der Waals surface area contributed by atoms with Gasteiger partial charge in [-0.25, -0.2) is 0 Å². The Bertz CT molecular complexity index is 497. The Kier molecular flexibility index (Phi) is 4.53. The van der Waals surface area contributed by atoms with Crippen LogP contribution in [0.25, 0.3) is 0 Å². The van der Waals surface area contributed by atoms with E-state index in [4.69, 9.17) is 5.26 Å². The van der Waals surface area contributed by atoms with Crippen molar-refractivity contribution in [1.29, 1.82) is 5.26 Å². The Morgan fingerprint density at radius 1 is 1.20 bits per heavy atom. The van der Waals surface area contributed by atoms with Gasteiger partial charge in [-0.3, -0.25) is 0 Å². The van der Waals surface area contributed by atoms with Crippen LogP contribution < -0.4 is 5.32 Å². The van der Waals surface area contributed by atoms with Gasteiger partial charge < -0.3 is 5.32 Å². The Balaban J connectivity index is 2.04. The van der Waals surface area contributed by atoms with Crippen molar-refractivity contribution in [3.8, 4) is 6.07 Å². The third-order valence-electron chi connectivity index (χ3n) is 3.77. The summed E-state index contributed by atoms with van der Waals surface area (Å²) in [6, 6.07) is 5.27. The van der Waals surface area contributed by atoms with Crippen LogP contribution in [0.3, 0.4) is 0 Å². The van der Waals surface area contributed by atoms with Crippen LogP contribution in [0.4, 0.5) is 18.9 Å². The third kappa shape index (κ3) is 3.66. The van der Waals surface area contributed by atoms with Crippen LogP contribution >= 0.6 is 0 Å². The van der Waals surface area contributed by atoms with E-state index >= 15 is 0 Å². The summed E-state index contributed by atoms with van der Waals surface area (Å²) in [6.45, 7) is 0.760. The van der Waals surface area contributed by atoms with Gasteiger partial charge in [-0.2, -0.15) is 18.4 Å². The van der Waals surface area contributed by atoms with Gasteiger partial charge in [0, 0.05) is 12.2 Å². The van der Waals surface area contributed by atoms with E-state index in [0.717, 1.165) is 12.6 Å². The summed E-state index contributed by atoms with van der Waals surface area (Å²) in [6.07, 6.45) is 1.57. The topological polar surface area (TPSA) is 35.8 Å². The lowest BCUT2D eigenvalue weighted by Gasteiger charge is -2.22. The molecule has 1 aliphatic rings. The molecule has 1 N–H and O–H groups in total. The smallest absolute Gasteiger partial charge is 0.385 e. The molecule has 0 atom stereocenters. The third-order valence-corrected chi connectivity index (χ3v) is 3.77.